The van der Waals surface area contributed by atoms with Gasteiger partial charge in [0, 0.05) is 19.5 Å². The fourth-order valence-electron chi connectivity index (χ4n) is 1.38. The van der Waals surface area contributed by atoms with Crippen LogP contribution in [-0.2, 0) is 0 Å². The zero-order valence-electron chi connectivity index (χ0n) is 8.31. The molecule has 0 spiro atoms. The van der Waals surface area contributed by atoms with E-state index in [0.29, 0.717) is 19.5 Å². The van der Waals surface area contributed by atoms with Gasteiger partial charge in [-0.1, -0.05) is 0 Å². The number of nitriles is 1. The van der Waals surface area contributed by atoms with Crippen molar-refractivity contribution in [3.05, 3.63) is 24.2 Å². The Kier molecular flexibility index (Phi) is 4.17. The minimum Gasteiger partial charge on any atom is -0.468 e. The number of furan rings is 1. The van der Waals surface area contributed by atoms with Crippen LogP contribution in [0.2, 0.25) is 0 Å². The average molecular weight is 193 g/mol. The van der Waals surface area contributed by atoms with Crippen molar-refractivity contribution in [1.82, 2.24) is 4.90 Å². The molecule has 1 rings (SSSR count). The zero-order chi connectivity index (χ0) is 10.4. The van der Waals surface area contributed by atoms with Crippen molar-refractivity contribution >= 4 is 0 Å². The predicted octanol–water partition coefficient (Wildman–Crippen LogP) is 1.12. The molecule has 4 heteroatoms. The first kappa shape index (κ1) is 10.8. The van der Waals surface area contributed by atoms with Gasteiger partial charge in [-0.2, -0.15) is 5.26 Å². The zero-order valence-corrected chi connectivity index (χ0v) is 8.31. The summed E-state index contributed by atoms with van der Waals surface area (Å²) in [5, 5.41) is 8.47. The van der Waals surface area contributed by atoms with Gasteiger partial charge in [0.25, 0.3) is 0 Å². The Morgan fingerprint density at radius 3 is 3.00 bits per heavy atom. The predicted molar refractivity (Wildman–Crippen MR) is 53.4 cm³/mol. The molecule has 14 heavy (non-hydrogen) atoms. The van der Waals surface area contributed by atoms with Crippen LogP contribution < -0.4 is 5.73 Å². The molecule has 0 aromatic carbocycles. The van der Waals surface area contributed by atoms with Crippen molar-refractivity contribution in [3.63, 3.8) is 0 Å². The Hall–Kier alpha value is -1.31. The van der Waals surface area contributed by atoms with Crippen LogP contribution in [0.4, 0.5) is 0 Å². The van der Waals surface area contributed by atoms with Crippen molar-refractivity contribution in [2.75, 3.05) is 20.1 Å². The van der Waals surface area contributed by atoms with Gasteiger partial charge in [0.15, 0.2) is 0 Å². The van der Waals surface area contributed by atoms with Gasteiger partial charge in [-0.15, -0.1) is 0 Å². The molecule has 0 aliphatic heterocycles. The standard InChI is InChI=1S/C10H15N3O/c1-13(6-3-5-11)9(8-12)10-4-2-7-14-10/h2,4,7,9H,3,6,8,12H2,1H3. The molecule has 76 valence electrons. The first-order valence-electron chi connectivity index (χ1n) is 4.60. The molecular formula is C10H15N3O. The Labute approximate surface area is 83.9 Å². The molecule has 1 unspecified atom stereocenters. The third-order valence-electron chi connectivity index (χ3n) is 2.20. The molecule has 1 aromatic rings. The number of hydrogen-bond donors (Lipinski definition) is 1. The highest BCUT2D eigenvalue weighted by atomic mass is 16.3. The average Bonchev–Trinajstić information content (AvgIpc) is 2.69. The lowest BCUT2D eigenvalue weighted by Crippen LogP contribution is -2.30. The van der Waals surface area contributed by atoms with Crippen molar-refractivity contribution in [2.45, 2.75) is 12.5 Å². The fourth-order valence-corrected chi connectivity index (χ4v) is 1.38. The molecule has 0 aliphatic rings. The van der Waals surface area contributed by atoms with Crippen LogP contribution in [0, 0.1) is 11.3 Å². The van der Waals surface area contributed by atoms with Gasteiger partial charge in [-0.3, -0.25) is 4.90 Å². The van der Waals surface area contributed by atoms with Gasteiger partial charge >= 0.3 is 0 Å². The quantitative estimate of drug-likeness (QED) is 0.761. The van der Waals surface area contributed by atoms with Gasteiger partial charge in [0.05, 0.1) is 18.4 Å². The molecule has 2 N–H and O–H groups in total. The van der Waals surface area contributed by atoms with E-state index in [-0.39, 0.29) is 6.04 Å². The molecule has 0 bridgehead atoms. The maximum Gasteiger partial charge on any atom is 0.122 e. The SMILES string of the molecule is CN(CCC#N)C(CN)c1ccco1. The Morgan fingerprint density at radius 1 is 1.71 bits per heavy atom. The summed E-state index contributed by atoms with van der Waals surface area (Å²) in [7, 11) is 1.94. The van der Waals surface area contributed by atoms with Gasteiger partial charge < -0.3 is 10.2 Å². The summed E-state index contributed by atoms with van der Waals surface area (Å²) < 4.78 is 5.28. The normalized spacial score (nSPS) is 12.7. The summed E-state index contributed by atoms with van der Waals surface area (Å²) in [6.07, 6.45) is 2.14. The van der Waals surface area contributed by atoms with E-state index in [0.717, 1.165) is 5.76 Å². The van der Waals surface area contributed by atoms with E-state index in [2.05, 4.69) is 6.07 Å². The molecule has 0 radical (unpaired) electrons. The summed E-state index contributed by atoms with van der Waals surface area (Å²) >= 11 is 0. The summed E-state index contributed by atoms with van der Waals surface area (Å²) in [6, 6.07) is 5.92. The van der Waals surface area contributed by atoms with Crippen LogP contribution in [0.25, 0.3) is 0 Å². The Bertz CT molecular complexity index is 289. The molecule has 1 atom stereocenters. The van der Waals surface area contributed by atoms with Crippen LogP contribution in [0.3, 0.4) is 0 Å². The first-order chi connectivity index (χ1) is 6.79. The van der Waals surface area contributed by atoms with Crippen LogP contribution in [-0.4, -0.2) is 25.0 Å². The van der Waals surface area contributed by atoms with E-state index in [1.807, 2.05) is 24.1 Å². The lowest BCUT2D eigenvalue weighted by molar-refractivity contribution is 0.225. The first-order valence-corrected chi connectivity index (χ1v) is 4.60. The second-order valence-corrected chi connectivity index (χ2v) is 3.16. The molecule has 1 aromatic heterocycles. The number of nitrogens with two attached hydrogens (primary N) is 1. The van der Waals surface area contributed by atoms with Crippen molar-refractivity contribution in [1.29, 1.82) is 5.26 Å². The van der Waals surface area contributed by atoms with Gasteiger partial charge in [-0.25, -0.2) is 0 Å². The largest absolute Gasteiger partial charge is 0.468 e. The van der Waals surface area contributed by atoms with Crippen molar-refractivity contribution in [3.8, 4) is 6.07 Å². The monoisotopic (exact) mass is 193 g/mol. The lowest BCUT2D eigenvalue weighted by Gasteiger charge is -2.23. The molecular weight excluding hydrogens is 178 g/mol. The molecule has 4 nitrogen and oxygen atoms in total. The van der Waals surface area contributed by atoms with Crippen molar-refractivity contribution < 1.29 is 4.42 Å². The number of nitrogens with zero attached hydrogens (tertiary/aromatic N) is 2. The minimum atomic E-state index is 0.0679. The van der Waals surface area contributed by atoms with Gasteiger partial charge in [0.1, 0.15) is 5.76 Å². The molecule has 0 aliphatic carbocycles. The van der Waals surface area contributed by atoms with Gasteiger partial charge in [0.2, 0.25) is 0 Å². The van der Waals surface area contributed by atoms with E-state index in [9.17, 15) is 0 Å². The van der Waals surface area contributed by atoms with E-state index in [1.165, 1.54) is 0 Å². The lowest BCUT2D eigenvalue weighted by atomic mass is 10.2. The van der Waals surface area contributed by atoms with Crippen LogP contribution in [0.15, 0.2) is 22.8 Å². The minimum absolute atomic E-state index is 0.0679. The number of hydrogen-bond acceptors (Lipinski definition) is 4. The van der Waals surface area contributed by atoms with Crippen LogP contribution >= 0.6 is 0 Å². The summed E-state index contributed by atoms with van der Waals surface area (Å²) in [6.45, 7) is 1.20. The summed E-state index contributed by atoms with van der Waals surface area (Å²) in [5.41, 5.74) is 5.65. The fraction of sp³-hybridized carbons (Fsp3) is 0.500. The number of likely N-dealkylation sites (N-methyl/N-ethyl adjacent to an activating group) is 1. The molecule has 0 fully saturated rings. The second kappa shape index (κ2) is 5.43. The maximum atomic E-state index is 8.47. The summed E-state index contributed by atoms with van der Waals surface area (Å²) in [4.78, 5) is 2.03. The highest BCUT2D eigenvalue weighted by Gasteiger charge is 2.17. The van der Waals surface area contributed by atoms with Crippen molar-refractivity contribution in [2.24, 2.45) is 5.73 Å². The summed E-state index contributed by atoms with van der Waals surface area (Å²) in [5.74, 6) is 0.855. The van der Waals surface area contributed by atoms with E-state index >= 15 is 0 Å². The smallest absolute Gasteiger partial charge is 0.122 e. The molecule has 1 heterocycles. The van der Waals surface area contributed by atoms with Crippen LogP contribution in [0.5, 0.6) is 0 Å². The molecule has 0 saturated heterocycles. The van der Waals surface area contributed by atoms with E-state index in [4.69, 9.17) is 15.4 Å². The third kappa shape index (κ3) is 2.59. The van der Waals surface area contributed by atoms with Crippen LogP contribution in [0.1, 0.15) is 18.2 Å². The third-order valence-corrected chi connectivity index (χ3v) is 2.20. The highest BCUT2D eigenvalue weighted by Crippen LogP contribution is 2.18. The van der Waals surface area contributed by atoms with E-state index in [1.54, 1.807) is 6.26 Å². The Balaban J connectivity index is 2.58. The second-order valence-electron chi connectivity index (χ2n) is 3.16. The van der Waals surface area contributed by atoms with Gasteiger partial charge in [-0.05, 0) is 19.2 Å². The molecule has 0 saturated carbocycles. The maximum absolute atomic E-state index is 8.47. The topological polar surface area (TPSA) is 66.2 Å². The Morgan fingerprint density at radius 2 is 2.50 bits per heavy atom. The molecule has 0 amide bonds. The van der Waals surface area contributed by atoms with E-state index < -0.39 is 0 Å². The highest BCUT2D eigenvalue weighted by molar-refractivity contribution is 5.05. The number of rotatable bonds is 5.